The van der Waals surface area contributed by atoms with Gasteiger partial charge in [0.1, 0.15) is 5.54 Å². The molecular weight excluding hydrogens is 384 g/mol. The Morgan fingerprint density at radius 3 is 2.13 bits per heavy atom. The number of likely N-dealkylation sites (tertiary alicyclic amines) is 1. The molecule has 0 aromatic heterocycles. The highest BCUT2D eigenvalue weighted by Crippen LogP contribution is 2.44. The van der Waals surface area contributed by atoms with E-state index in [1.54, 1.807) is 0 Å². The first-order valence-electron chi connectivity index (χ1n) is 12.8. The summed E-state index contributed by atoms with van der Waals surface area (Å²) in [5.41, 5.74) is 1.17. The minimum absolute atomic E-state index is 0.00938. The summed E-state index contributed by atoms with van der Waals surface area (Å²) in [6.45, 7) is 8.96. The molecule has 3 atom stereocenters. The Balaban J connectivity index is 1.35. The third kappa shape index (κ3) is 3.27. The van der Waals surface area contributed by atoms with Crippen molar-refractivity contribution < 1.29 is 4.79 Å². The van der Waals surface area contributed by atoms with Crippen molar-refractivity contribution in [3.63, 3.8) is 0 Å². The monoisotopic (exact) mass is 422 g/mol. The minimum Gasteiger partial charge on any atom is -0.350 e. The molecule has 0 radical (unpaired) electrons. The number of hydrogen-bond donors (Lipinski definition) is 1. The first kappa shape index (κ1) is 20.2. The van der Waals surface area contributed by atoms with Crippen LogP contribution in [0.3, 0.4) is 0 Å². The molecule has 6 fully saturated rings. The van der Waals surface area contributed by atoms with E-state index in [1.807, 2.05) is 0 Å². The van der Waals surface area contributed by atoms with E-state index in [9.17, 15) is 4.79 Å². The lowest BCUT2D eigenvalue weighted by Crippen LogP contribution is -2.73. The van der Waals surface area contributed by atoms with Crippen LogP contribution < -0.4 is 5.32 Å². The molecule has 5 heteroatoms. The second-order valence-electron chi connectivity index (χ2n) is 11.0. The Morgan fingerprint density at radius 1 is 0.839 bits per heavy atom. The number of amides is 1. The van der Waals surface area contributed by atoms with Gasteiger partial charge >= 0.3 is 0 Å². The van der Waals surface area contributed by atoms with E-state index in [-0.39, 0.29) is 17.0 Å². The van der Waals surface area contributed by atoms with Gasteiger partial charge in [-0.05, 0) is 44.3 Å². The molecule has 6 aliphatic rings. The highest BCUT2D eigenvalue weighted by atomic mass is 16.2. The van der Waals surface area contributed by atoms with Crippen LogP contribution in [0.25, 0.3) is 0 Å². The number of hydrogen-bond acceptors (Lipinski definition) is 4. The molecule has 31 heavy (non-hydrogen) atoms. The van der Waals surface area contributed by atoms with Gasteiger partial charge in [0, 0.05) is 56.6 Å². The highest BCUT2D eigenvalue weighted by Gasteiger charge is 2.57. The van der Waals surface area contributed by atoms with Crippen LogP contribution in [-0.4, -0.2) is 84.5 Å². The van der Waals surface area contributed by atoms with E-state index in [0.717, 1.165) is 52.1 Å². The van der Waals surface area contributed by atoms with Crippen LogP contribution in [0.2, 0.25) is 0 Å². The van der Waals surface area contributed by atoms with Crippen LogP contribution >= 0.6 is 0 Å². The molecule has 1 amide bonds. The second kappa shape index (κ2) is 7.86. The SMILES string of the molecule is O=C(N[C@H]1C2CN3CCN(C2)CC1(c1ccccc1)C3)C1(N2CCCC2)CCCCC1. The van der Waals surface area contributed by atoms with E-state index >= 15 is 0 Å². The summed E-state index contributed by atoms with van der Waals surface area (Å²) in [5, 5.41) is 3.78. The van der Waals surface area contributed by atoms with Crippen molar-refractivity contribution in [3.05, 3.63) is 35.9 Å². The van der Waals surface area contributed by atoms with E-state index in [2.05, 4.69) is 50.3 Å². The van der Waals surface area contributed by atoms with Gasteiger partial charge in [-0.25, -0.2) is 0 Å². The van der Waals surface area contributed by atoms with Gasteiger partial charge in [0.15, 0.2) is 0 Å². The number of rotatable bonds is 4. The third-order valence-electron chi connectivity index (χ3n) is 9.25. The Bertz CT molecular complexity index is 783. The zero-order valence-corrected chi connectivity index (χ0v) is 18.9. The molecule has 5 aliphatic heterocycles. The maximum atomic E-state index is 14.2. The van der Waals surface area contributed by atoms with Crippen LogP contribution in [0.15, 0.2) is 30.3 Å². The van der Waals surface area contributed by atoms with Gasteiger partial charge in [-0.15, -0.1) is 0 Å². The molecule has 4 bridgehead atoms. The maximum absolute atomic E-state index is 14.2. The standard InChI is InChI=1S/C26H38N4O/c31-24(26(11-5-2-6-12-26)30-13-7-8-14-30)27-23-21-17-28-15-16-29(18-21)20-25(23,19-28)22-9-3-1-4-10-22/h1,3-4,9-10,21,23H,2,5-8,11-20H2,(H,27,31)/t21?,23-,25?/m0/s1. The Labute approximate surface area is 187 Å². The van der Waals surface area contributed by atoms with E-state index in [0.29, 0.717) is 11.8 Å². The zero-order valence-electron chi connectivity index (χ0n) is 18.9. The van der Waals surface area contributed by atoms with Gasteiger partial charge in [-0.3, -0.25) is 9.69 Å². The number of carbonyl (C=O) groups excluding carboxylic acids is 1. The normalized spacial score (nSPS) is 39.4. The summed E-state index contributed by atoms with van der Waals surface area (Å²) in [6, 6.07) is 11.4. The molecule has 1 aromatic rings. The molecule has 1 saturated carbocycles. The summed E-state index contributed by atoms with van der Waals surface area (Å²) < 4.78 is 0. The number of nitrogens with one attached hydrogen (secondary N) is 1. The van der Waals surface area contributed by atoms with Crippen LogP contribution in [0.4, 0.5) is 0 Å². The van der Waals surface area contributed by atoms with Crippen molar-refractivity contribution in [1.29, 1.82) is 0 Å². The lowest BCUT2D eigenvalue weighted by Gasteiger charge is -2.56. The van der Waals surface area contributed by atoms with Gasteiger partial charge in [-0.1, -0.05) is 49.6 Å². The molecular formula is C26H38N4O. The summed E-state index contributed by atoms with van der Waals surface area (Å²) in [6.07, 6.45) is 8.27. The van der Waals surface area contributed by atoms with Crippen molar-refractivity contribution in [2.75, 3.05) is 52.4 Å². The molecule has 1 aliphatic carbocycles. The van der Waals surface area contributed by atoms with Crippen LogP contribution in [-0.2, 0) is 10.2 Å². The first-order valence-corrected chi connectivity index (χ1v) is 12.8. The second-order valence-corrected chi connectivity index (χ2v) is 11.0. The molecule has 168 valence electrons. The Morgan fingerprint density at radius 2 is 1.48 bits per heavy atom. The predicted molar refractivity (Wildman–Crippen MR) is 123 cm³/mol. The number of nitrogens with zero attached hydrogens (tertiary/aromatic N) is 3. The topological polar surface area (TPSA) is 38.8 Å². The minimum atomic E-state index is -0.252. The predicted octanol–water partition coefficient (Wildman–Crippen LogP) is 2.47. The number of benzene rings is 1. The summed E-state index contributed by atoms with van der Waals surface area (Å²) in [7, 11) is 0. The fraction of sp³-hybridized carbons (Fsp3) is 0.731. The smallest absolute Gasteiger partial charge is 0.240 e. The van der Waals surface area contributed by atoms with Crippen LogP contribution in [0.1, 0.15) is 50.5 Å². The molecule has 1 N–H and O–H groups in total. The number of carbonyl (C=O) groups is 1. The molecule has 5 heterocycles. The largest absolute Gasteiger partial charge is 0.350 e. The summed E-state index contributed by atoms with van der Waals surface area (Å²) in [4.78, 5) is 22.1. The van der Waals surface area contributed by atoms with Crippen LogP contribution in [0, 0.1) is 5.92 Å². The van der Waals surface area contributed by atoms with Gasteiger partial charge in [-0.2, -0.15) is 0 Å². The van der Waals surface area contributed by atoms with Crippen molar-refractivity contribution in [2.45, 2.75) is 61.9 Å². The van der Waals surface area contributed by atoms with Crippen molar-refractivity contribution >= 4 is 5.91 Å². The van der Waals surface area contributed by atoms with E-state index in [1.165, 1.54) is 50.8 Å². The number of piperidine rings is 2. The van der Waals surface area contributed by atoms with Gasteiger partial charge in [0.05, 0.1) is 0 Å². The highest BCUT2D eigenvalue weighted by molar-refractivity contribution is 5.87. The molecule has 5 nitrogen and oxygen atoms in total. The van der Waals surface area contributed by atoms with Crippen molar-refractivity contribution in [3.8, 4) is 0 Å². The summed E-state index contributed by atoms with van der Waals surface area (Å²) >= 11 is 0. The van der Waals surface area contributed by atoms with Crippen molar-refractivity contribution in [2.24, 2.45) is 5.92 Å². The molecule has 5 saturated heterocycles. The lowest BCUT2D eigenvalue weighted by molar-refractivity contribution is -0.138. The molecule has 0 spiro atoms. The summed E-state index contributed by atoms with van der Waals surface area (Å²) in [5.74, 6) is 0.874. The fourth-order valence-electron chi connectivity index (χ4n) is 7.81. The number of fused-ring (bicyclic) bond motifs is 1. The average molecular weight is 423 g/mol. The molecule has 1 aromatic carbocycles. The quantitative estimate of drug-likeness (QED) is 0.809. The molecule has 2 unspecified atom stereocenters. The third-order valence-corrected chi connectivity index (χ3v) is 9.25. The Hall–Kier alpha value is -1.43. The van der Waals surface area contributed by atoms with E-state index < -0.39 is 0 Å². The first-order chi connectivity index (χ1) is 15.2. The van der Waals surface area contributed by atoms with Crippen molar-refractivity contribution in [1.82, 2.24) is 20.0 Å². The molecule has 7 rings (SSSR count). The van der Waals surface area contributed by atoms with Gasteiger partial charge in [0.25, 0.3) is 0 Å². The van der Waals surface area contributed by atoms with E-state index in [4.69, 9.17) is 0 Å². The Kier molecular flexibility index (Phi) is 5.12. The maximum Gasteiger partial charge on any atom is 0.240 e. The zero-order chi connectivity index (χ0) is 20.9. The lowest BCUT2D eigenvalue weighted by atomic mass is 9.64. The van der Waals surface area contributed by atoms with Crippen LogP contribution in [0.5, 0.6) is 0 Å². The average Bonchev–Trinajstić information content (AvgIpc) is 3.24. The van der Waals surface area contributed by atoms with Gasteiger partial charge < -0.3 is 15.1 Å². The fourth-order valence-corrected chi connectivity index (χ4v) is 7.81. The van der Waals surface area contributed by atoms with Gasteiger partial charge in [0.2, 0.25) is 5.91 Å².